The van der Waals surface area contributed by atoms with Crippen LogP contribution in [0.3, 0.4) is 0 Å². The number of aliphatic hydroxyl groups is 1. The largest absolute Gasteiger partial charge is 0.463 e. The van der Waals surface area contributed by atoms with Crippen LogP contribution in [-0.4, -0.2) is 24.2 Å². The van der Waals surface area contributed by atoms with Crippen molar-refractivity contribution in [3.05, 3.63) is 46.0 Å². The van der Waals surface area contributed by atoms with E-state index in [1.54, 1.807) is 24.3 Å². The Morgan fingerprint density at radius 3 is 2.77 bits per heavy atom. The Morgan fingerprint density at radius 2 is 2.18 bits per heavy atom. The first-order valence-corrected chi connectivity index (χ1v) is 8.28. The highest BCUT2D eigenvalue weighted by Crippen LogP contribution is 2.21. The molecule has 0 aliphatic heterocycles. The lowest BCUT2D eigenvalue weighted by molar-refractivity contribution is 0.0378. The third kappa shape index (κ3) is 4.61. The Morgan fingerprint density at radius 1 is 1.36 bits per heavy atom. The third-order valence-corrected chi connectivity index (χ3v) is 3.95. The number of hydrogen-bond acceptors (Lipinski definition) is 4. The monoisotopic (exact) mass is 321 g/mol. The van der Waals surface area contributed by atoms with Crippen LogP contribution in [0.1, 0.15) is 30.9 Å². The molecule has 0 spiro atoms. The van der Waals surface area contributed by atoms with E-state index in [4.69, 9.17) is 4.42 Å². The topological polar surface area (TPSA) is 69.8 Å². The van der Waals surface area contributed by atoms with E-state index in [1.165, 1.54) is 5.56 Å². The number of thiophene rings is 1. The van der Waals surface area contributed by atoms with Gasteiger partial charge in [-0.25, -0.2) is 4.99 Å². The first-order chi connectivity index (χ1) is 10.5. The van der Waals surface area contributed by atoms with Gasteiger partial charge in [0.05, 0.1) is 13.1 Å². The van der Waals surface area contributed by atoms with Crippen LogP contribution in [0, 0.1) is 6.92 Å². The SMILES string of the molecule is CCNC(=NCc1ccsc1)NCC(C)(O)c1ccc(C)o1. The van der Waals surface area contributed by atoms with Gasteiger partial charge >= 0.3 is 0 Å². The van der Waals surface area contributed by atoms with Gasteiger partial charge < -0.3 is 20.2 Å². The molecule has 3 N–H and O–H groups in total. The summed E-state index contributed by atoms with van der Waals surface area (Å²) >= 11 is 1.66. The number of rotatable bonds is 6. The molecule has 120 valence electrons. The van der Waals surface area contributed by atoms with Gasteiger partial charge in [0.15, 0.2) is 5.96 Å². The zero-order valence-electron chi connectivity index (χ0n) is 13.2. The summed E-state index contributed by atoms with van der Waals surface area (Å²) in [4.78, 5) is 4.52. The van der Waals surface area contributed by atoms with Crippen molar-refractivity contribution >= 4 is 17.3 Å². The van der Waals surface area contributed by atoms with Crippen molar-refractivity contribution in [1.82, 2.24) is 10.6 Å². The quantitative estimate of drug-likeness (QED) is 0.565. The zero-order chi connectivity index (χ0) is 16.0. The van der Waals surface area contributed by atoms with E-state index in [0.717, 1.165) is 12.3 Å². The van der Waals surface area contributed by atoms with Crippen molar-refractivity contribution in [3.63, 3.8) is 0 Å². The molecule has 2 heterocycles. The van der Waals surface area contributed by atoms with Crippen molar-refractivity contribution in [2.24, 2.45) is 4.99 Å². The van der Waals surface area contributed by atoms with E-state index in [0.29, 0.717) is 24.8 Å². The fraction of sp³-hybridized carbons (Fsp3) is 0.438. The van der Waals surface area contributed by atoms with E-state index in [2.05, 4.69) is 27.1 Å². The summed E-state index contributed by atoms with van der Waals surface area (Å²) in [6.45, 7) is 7.28. The normalized spacial score (nSPS) is 14.6. The molecular formula is C16H23N3O2S. The average Bonchev–Trinajstić information content (AvgIpc) is 3.13. The van der Waals surface area contributed by atoms with E-state index in [9.17, 15) is 5.11 Å². The summed E-state index contributed by atoms with van der Waals surface area (Å²) in [6, 6.07) is 5.70. The van der Waals surface area contributed by atoms with Gasteiger partial charge in [-0.05, 0) is 55.3 Å². The number of nitrogens with one attached hydrogen (secondary N) is 2. The number of guanidine groups is 1. The molecule has 1 unspecified atom stereocenters. The first-order valence-electron chi connectivity index (χ1n) is 7.34. The van der Waals surface area contributed by atoms with Gasteiger partial charge in [-0.15, -0.1) is 0 Å². The summed E-state index contributed by atoms with van der Waals surface area (Å²) < 4.78 is 5.51. The van der Waals surface area contributed by atoms with Gasteiger partial charge in [-0.2, -0.15) is 11.3 Å². The minimum absolute atomic E-state index is 0.315. The zero-order valence-corrected chi connectivity index (χ0v) is 14.0. The Kier molecular flexibility index (Phi) is 5.63. The predicted molar refractivity (Wildman–Crippen MR) is 90.2 cm³/mol. The molecule has 0 aliphatic carbocycles. The summed E-state index contributed by atoms with van der Waals surface area (Å²) in [5, 5.41) is 21.0. The van der Waals surface area contributed by atoms with Gasteiger partial charge in [0.2, 0.25) is 0 Å². The molecule has 0 amide bonds. The summed E-state index contributed by atoms with van der Waals surface area (Å²) in [5.74, 6) is 2.01. The second-order valence-corrected chi connectivity index (χ2v) is 6.14. The molecule has 0 aliphatic rings. The van der Waals surface area contributed by atoms with Crippen LogP contribution in [0.2, 0.25) is 0 Å². The first kappa shape index (κ1) is 16.6. The van der Waals surface area contributed by atoms with Gasteiger partial charge in [0.25, 0.3) is 0 Å². The number of nitrogens with zero attached hydrogens (tertiary/aromatic N) is 1. The standard InChI is InChI=1S/C16H23N3O2S/c1-4-17-15(18-9-13-7-8-22-10-13)19-11-16(3,20)14-6-5-12(2)21-14/h5-8,10,20H,4,9,11H2,1-3H3,(H2,17,18,19). The molecular weight excluding hydrogens is 298 g/mol. The maximum Gasteiger partial charge on any atom is 0.191 e. The maximum atomic E-state index is 10.5. The molecule has 2 aromatic heterocycles. The molecule has 22 heavy (non-hydrogen) atoms. The predicted octanol–water partition coefficient (Wildman–Crippen LogP) is 2.61. The fourth-order valence-electron chi connectivity index (χ4n) is 1.96. The Bertz CT molecular complexity index is 603. The molecule has 0 radical (unpaired) electrons. The van der Waals surface area contributed by atoms with Gasteiger partial charge in [-0.1, -0.05) is 0 Å². The molecule has 2 rings (SSSR count). The number of aryl methyl sites for hydroxylation is 1. The van der Waals surface area contributed by atoms with Crippen molar-refractivity contribution < 1.29 is 9.52 Å². The summed E-state index contributed by atoms with van der Waals surface area (Å²) in [5.41, 5.74) is 0.0861. The van der Waals surface area contributed by atoms with Crippen molar-refractivity contribution in [2.45, 2.75) is 32.9 Å². The van der Waals surface area contributed by atoms with Crippen LogP contribution in [0.4, 0.5) is 0 Å². The van der Waals surface area contributed by atoms with Crippen LogP contribution in [-0.2, 0) is 12.1 Å². The lowest BCUT2D eigenvalue weighted by Gasteiger charge is -2.22. The van der Waals surface area contributed by atoms with E-state index in [1.807, 2.05) is 25.3 Å². The smallest absolute Gasteiger partial charge is 0.191 e. The summed E-state index contributed by atoms with van der Waals surface area (Å²) in [7, 11) is 0. The lowest BCUT2D eigenvalue weighted by atomic mass is 10.0. The molecule has 0 saturated heterocycles. The number of furan rings is 1. The third-order valence-electron chi connectivity index (χ3n) is 3.22. The fourth-order valence-corrected chi connectivity index (χ4v) is 2.62. The highest BCUT2D eigenvalue weighted by molar-refractivity contribution is 7.07. The van der Waals surface area contributed by atoms with Gasteiger partial charge in [0, 0.05) is 6.54 Å². The molecule has 0 fully saturated rings. The second-order valence-electron chi connectivity index (χ2n) is 5.36. The molecule has 0 saturated carbocycles. The molecule has 1 atom stereocenters. The highest BCUT2D eigenvalue weighted by atomic mass is 32.1. The van der Waals surface area contributed by atoms with Crippen molar-refractivity contribution in [3.8, 4) is 0 Å². The maximum absolute atomic E-state index is 10.5. The average molecular weight is 321 g/mol. The Balaban J connectivity index is 1.97. The van der Waals surface area contributed by atoms with Crippen LogP contribution in [0.15, 0.2) is 38.4 Å². The Labute approximate surface area is 135 Å². The van der Waals surface area contributed by atoms with E-state index < -0.39 is 5.60 Å². The molecule has 0 bridgehead atoms. The van der Waals surface area contributed by atoms with E-state index >= 15 is 0 Å². The van der Waals surface area contributed by atoms with E-state index in [-0.39, 0.29) is 0 Å². The molecule has 6 heteroatoms. The van der Waals surface area contributed by atoms with Gasteiger partial charge in [0.1, 0.15) is 17.1 Å². The lowest BCUT2D eigenvalue weighted by Crippen LogP contribution is -2.44. The highest BCUT2D eigenvalue weighted by Gasteiger charge is 2.27. The minimum atomic E-state index is -1.09. The minimum Gasteiger partial charge on any atom is -0.463 e. The van der Waals surface area contributed by atoms with Gasteiger partial charge in [-0.3, -0.25) is 0 Å². The van der Waals surface area contributed by atoms with Crippen molar-refractivity contribution in [2.75, 3.05) is 13.1 Å². The second kappa shape index (κ2) is 7.47. The molecule has 2 aromatic rings. The Hall–Kier alpha value is -1.79. The number of hydrogen-bond donors (Lipinski definition) is 3. The summed E-state index contributed by atoms with van der Waals surface area (Å²) in [6.07, 6.45) is 0. The number of aliphatic imine (C=N–C) groups is 1. The van der Waals surface area contributed by atoms with Crippen LogP contribution in [0.25, 0.3) is 0 Å². The van der Waals surface area contributed by atoms with Crippen LogP contribution in [0.5, 0.6) is 0 Å². The molecule has 5 nitrogen and oxygen atoms in total. The van der Waals surface area contributed by atoms with Crippen molar-refractivity contribution in [1.29, 1.82) is 0 Å². The van der Waals surface area contributed by atoms with Crippen LogP contribution >= 0.6 is 11.3 Å². The molecule has 0 aromatic carbocycles. The van der Waals surface area contributed by atoms with Crippen LogP contribution < -0.4 is 10.6 Å².